The van der Waals surface area contributed by atoms with Crippen molar-refractivity contribution < 1.29 is 5.11 Å². The lowest BCUT2D eigenvalue weighted by atomic mass is 10.1. The molecule has 0 aromatic carbocycles. The summed E-state index contributed by atoms with van der Waals surface area (Å²) in [4.78, 5) is 0. The summed E-state index contributed by atoms with van der Waals surface area (Å²) in [5, 5.41) is 10.5. The summed E-state index contributed by atoms with van der Waals surface area (Å²) in [5.41, 5.74) is 2.33. The molecule has 82 valence electrons. The molecule has 0 aliphatic heterocycles. The number of aliphatic hydroxyl groups excluding tert-OH is 1. The van der Waals surface area contributed by atoms with Gasteiger partial charge in [0.2, 0.25) is 0 Å². The van der Waals surface area contributed by atoms with Crippen LogP contribution in [0.1, 0.15) is 24.5 Å². The van der Waals surface area contributed by atoms with E-state index < -0.39 is 0 Å². The van der Waals surface area contributed by atoms with Crippen LogP contribution < -0.4 is 0 Å². The Morgan fingerprint density at radius 3 is 3.00 bits per heavy atom. The highest BCUT2D eigenvalue weighted by atomic mass is 35.5. The average Bonchev–Trinajstić information content (AvgIpc) is 2.98. The van der Waals surface area contributed by atoms with Crippen LogP contribution in [0.3, 0.4) is 0 Å². The fourth-order valence-corrected chi connectivity index (χ4v) is 1.83. The van der Waals surface area contributed by atoms with E-state index in [0.717, 1.165) is 18.4 Å². The molecule has 1 heterocycles. The molecule has 0 saturated heterocycles. The summed E-state index contributed by atoms with van der Waals surface area (Å²) >= 11 is 11.3. The van der Waals surface area contributed by atoms with Crippen LogP contribution in [0.25, 0.3) is 0 Å². The van der Waals surface area contributed by atoms with Crippen molar-refractivity contribution >= 4 is 23.2 Å². The highest BCUT2D eigenvalue weighted by Gasteiger charge is 2.31. The summed E-state index contributed by atoms with van der Waals surface area (Å²) < 4.78 is 1.92. The molecule has 0 bridgehead atoms. The van der Waals surface area contributed by atoms with E-state index in [0.29, 0.717) is 17.5 Å². The van der Waals surface area contributed by atoms with Gasteiger partial charge in [-0.05, 0) is 30.4 Å². The molecule has 1 N–H and O–H groups in total. The summed E-state index contributed by atoms with van der Waals surface area (Å²) in [6.45, 7) is 0.558. The van der Waals surface area contributed by atoms with Gasteiger partial charge >= 0.3 is 0 Å². The Morgan fingerprint density at radius 1 is 1.67 bits per heavy atom. The van der Waals surface area contributed by atoms with Crippen molar-refractivity contribution in [3.63, 3.8) is 0 Å². The van der Waals surface area contributed by atoms with Crippen molar-refractivity contribution in [3.05, 3.63) is 34.6 Å². The molecule has 1 saturated carbocycles. The summed E-state index contributed by atoms with van der Waals surface area (Å²) in [6, 6.07) is 1.93. The van der Waals surface area contributed by atoms with E-state index in [1.165, 1.54) is 5.54 Å². The molecule has 1 atom stereocenters. The summed E-state index contributed by atoms with van der Waals surface area (Å²) in [5.74, 6) is 0.458. The Morgan fingerprint density at radius 2 is 2.40 bits per heavy atom. The number of halogens is 2. The highest BCUT2D eigenvalue weighted by molar-refractivity contribution is 6.36. The number of hydrogen-bond acceptors (Lipinski definition) is 1. The quantitative estimate of drug-likeness (QED) is 0.866. The van der Waals surface area contributed by atoms with Crippen LogP contribution in [0.5, 0.6) is 0 Å². The zero-order valence-electron chi connectivity index (χ0n) is 8.24. The molecule has 0 radical (unpaired) electrons. The Kier molecular flexibility index (Phi) is 3.39. The number of hydrogen-bond donors (Lipinski definition) is 1. The van der Waals surface area contributed by atoms with Crippen molar-refractivity contribution in [3.8, 4) is 0 Å². The predicted molar refractivity (Wildman–Crippen MR) is 61.9 cm³/mol. The van der Waals surface area contributed by atoms with Gasteiger partial charge in [-0.25, -0.2) is 0 Å². The van der Waals surface area contributed by atoms with Crippen LogP contribution in [-0.2, 0) is 6.54 Å². The van der Waals surface area contributed by atoms with Crippen LogP contribution in [0.4, 0.5) is 0 Å². The first-order valence-corrected chi connectivity index (χ1v) is 5.80. The maximum Gasteiger partial charge on any atom is 0.0832 e. The van der Waals surface area contributed by atoms with Crippen molar-refractivity contribution in [1.82, 2.24) is 4.57 Å². The van der Waals surface area contributed by atoms with E-state index in [4.69, 9.17) is 23.2 Å². The molecule has 2 nitrogen and oxygen atoms in total. The summed E-state index contributed by atoms with van der Waals surface area (Å²) in [7, 11) is 0. The monoisotopic (exact) mass is 245 g/mol. The molecular formula is C11H13Cl2NO. The van der Waals surface area contributed by atoms with E-state index in [-0.39, 0.29) is 6.10 Å². The first-order valence-electron chi connectivity index (χ1n) is 4.99. The molecule has 1 unspecified atom stereocenters. The molecule has 4 heteroatoms. The third-order valence-electron chi connectivity index (χ3n) is 2.64. The van der Waals surface area contributed by atoms with Crippen molar-refractivity contribution in [2.75, 3.05) is 0 Å². The maximum atomic E-state index is 9.88. The van der Waals surface area contributed by atoms with Crippen LogP contribution >= 0.6 is 23.2 Å². The molecule has 1 aromatic heterocycles. The molecule has 0 amide bonds. The van der Waals surface area contributed by atoms with Gasteiger partial charge in [0.25, 0.3) is 0 Å². The van der Waals surface area contributed by atoms with Crippen LogP contribution in [0.15, 0.2) is 29.0 Å². The van der Waals surface area contributed by atoms with E-state index in [1.54, 1.807) is 0 Å². The van der Waals surface area contributed by atoms with E-state index in [9.17, 15) is 5.11 Å². The Hall–Kier alpha value is -0.440. The second-order valence-corrected chi connectivity index (χ2v) is 4.66. The highest BCUT2D eigenvalue weighted by Crippen LogP contribution is 2.40. The molecular weight excluding hydrogens is 233 g/mol. The summed E-state index contributed by atoms with van der Waals surface area (Å²) in [6.07, 6.45) is 5.78. The first-order chi connectivity index (χ1) is 7.20. The largest absolute Gasteiger partial charge is 0.388 e. The third-order valence-corrected chi connectivity index (χ3v) is 3.24. The zero-order chi connectivity index (χ0) is 10.8. The second kappa shape index (κ2) is 4.60. The van der Waals surface area contributed by atoms with Crippen molar-refractivity contribution in [2.45, 2.75) is 25.5 Å². The van der Waals surface area contributed by atoms with Gasteiger partial charge in [-0.2, -0.15) is 0 Å². The third kappa shape index (κ3) is 2.77. The lowest BCUT2D eigenvalue weighted by Gasteiger charge is -2.05. The van der Waals surface area contributed by atoms with Gasteiger partial charge < -0.3 is 9.67 Å². The molecule has 15 heavy (non-hydrogen) atoms. The van der Waals surface area contributed by atoms with Gasteiger partial charge in [0.05, 0.1) is 12.6 Å². The number of rotatable bonds is 4. The Bertz CT molecular complexity index is 368. The van der Waals surface area contributed by atoms with Gasteiger partial charge in [-0.1, -0.05) is 23.2 Å². The van der Waals surface area contributed by atoms with Crippen LogP contribution in [-0.4, -0.2) is 9.67 Å². The van der Waals surface area contributed by atoms with Crippen LogP contribution in [0, 0.1) is 5.92 Å². The second-order valence-electron chi connectivity index (χ2n) is 3.96. The Labute approximate surface area is 99.1 Å². The lowest BCUT2D eigenvalue weighted by Crippen LogP contribution is -1.98. The average molecular weight is 246 g/mol. The molecule has 1 aliphatic carbocycles. The molecule has 1 fully saturated rings. The zero-order valence-corrected chi connectivity index (χ0v) is 9.75. The maximum absolute atomic E-state index is 9.88. The SMILES string of the molecule is OC(c1ccn(CC(Cl)=CCl)c1)C1CC1. The normalized spacial score (nSPS) is 19.3. The van der Waals surface area contributed by atoms with Gasteiger partial charge in [-0.3, -0.25) is 0 Å². The molecule has 2 rings (SSSR count). The fraction of sp³-hybridized carbons (Fsp3) is 0.455. The number of allylic oxidation sites excluding steroid dienone is 1. The van der Waals surface area contributed by atoms with Crippen molar-refractivity contribution in [2.24, 2.45) is 5.92 Å². The van der Waals surface area contributed by atoms with E-state index in [2.05, 4.69) is 0 Å². The minimum Gasteiger partial charge on any atom is -0.388 e. The smallest absolute Gasteiger partial charge is 0.0832 e. The van der Waals surface area contributed by atoms with E-state index >= 15 is 0 Å². The molecule has 0 spiro atoms. The lowest BCUT2D eigenvalue weighted by molar-refractivity contribution is 0.154. The number of aliphatic hydroxyl groups is 1. The van der Waals surface area contributed by atoms with E-state index in [1.807, 2.05) is 23.0 Å². The minimum atomic E-state index is -0.315. The topological polar surface area (TPSA) is 25.2 Å². The van der Waals surface area contributed by atoms with Gasteiger partial charge in [0.1, 0.15) is 0 Å². The van der Waals surface area contributed by atoms with Crippen molar-refractivity contribution in [1.29, 1.82) is 0 Å². The Balaban J connectivity index is 2.03. The standard InChI is InChI=1S/C11H13Cl2NO/c12-5-10(13)7-14-4-3-9(6-14)11(15)8-1-2-8/h3-6,8,11,15H,1-2,7H2. The fourth-order valence-electron chi connectivity index (χ4n) is 1.63. The van der Waals surface area contributed by atoms with Gasteiger partial charge in [-0.15, -0.1) is 0 Å². The van der Waals surface area contributed by atoms with Crippen LogP contribution in [0.2, 0.25) is 0 Å². The minimum absolute atomic E-state index is 0.315. The first kappa shape index (κ1) is 11.1. The number of aromatic nitrogens is 1. The van der Waals surface area contributed by atoms with Gasteiger partial charge in [0.15, 0.2) is 0 Å². The van der Waals surface area contributed by atoms with Gasteiger partial charge in [0, 0.05) is 23.0 Å². The predicted octanol–water partition coefficient (Wildman–Crippen LogP) is 3.25. The molecule has 1 aromatic rings. The number of nitrogens with zero attached hydrogens (tertiary/aromatic N) is 1. The molecule has 1 aliphatic rings.